The molecule has 102 valence electrons. The van der Waals surface area contributed by atoms with Crippen molar-refractivity contribution in [3.05, 3.63) is 11.8 Å². The SMILES string of the molecule is CC(C)C[C@H]1C(N)=CC(=O)N1C(=O)OC(C)(C)C. The van der Waals surface area contributed by atoms with Gasteiger partial charge in [-0.1, -0.05) is 13.8 Å². The van der Waals surface area contributed by atoms with E-state index < -0.39 is 17.6 Å². The molecule has 0 saturated carbocycles. The molecule has 0 saturated heterocycles. The van der Waals surface area contributed by atoms with Gasteiger partial charge in [-0.05, 0) is 33.1 Å². The fraction of sp³-hybridized carbons (Fsp3) is 0.692. The zero-order chi connectivity index (χ0) is 14.1. The molecular weight excluding hydrogens is 232 g/mol. The molecule has 2 amide bonds. The molecule has 0 aliphatic carbocycles. The van der Waals surface area contributed by atoms with Gasteiger partial charge in [0.25, 0.3) is 5.91 Å². The molecule has 0 fully saturated rings. The number of ether oxygens (including phenoxy) is 1. The van der Waals surface area contributed by atoms with Crippen LogP contribution in [-0.4, -0.2) is 28.5 Å². The fourth-order valence-corrected chi connectivity index (χ4v) is 1.83. The molecule has 1 heterocycles. The molecule has 1 aliphatic heterocycles. The third-order valence-electron chi connectivity index (χ3n) is 2.51. The minimum atomic E-state index is -0.630. The molecule has 0 radical (unpaired) electrons. The predicted octanol–water partition coefficient (Wildman–Crippen LogP) is 2.02. The monoisotopic (exact) mass is 254 g/mol. The predicted molar refractivity (Wildman–Crippen MR) is 68.6 cm³/mol. The first-order valence-electron chi connectivity index (χ1n) is 6.15. The van der Waals surface area contributed by atoms with Crippen LogP contribution in [0.1, 0.15) is 41.0 Å². The van der Waals surface area contributed by atoms with Gasteiger partial charge in [0, 0.05) is 11.8 Å². The van der Waals surface area contributed by atoms with E-state index in [-0.39, 0.29) is 6.04 Å². The third-order valence-corrected chi connectivity index (χ3v) is 2.51. The van der Waals surface area contributed by atoms with Gasteiger partial charge in [0.15, 0.2) is 0 Å². The molecule has 18 heavy (non-hydrogen) atoms. The summed E-state index contributed by atoms with van der Waals surface area (Å²) < 4.78 is 5.23. The zero-order valence-electron chi connectivity index (χ0n) is 11.7. The minimum absolute atomic E-state index is 0.331. The van der Waals surface area contributed by atoms with E-state index in [0.29, 0.717) is 18.0 Å². The van der Waals surface area contributed by atoms with E-state index >= 15 is 0 Å². The molecule has 5 heteroatoms. The first-order chi connectivity index (χ1) is 8.11. The summed E-state index contributed by atoms with van der Waals surface area (Å²) in [7, 11) is 0. The Labute approximate surface area is 108 Å². The highest BCUT2D eigenvalue weighted by Gasteiger charge is 2.38. The second-order valence-electron chi connectivity index (χ2n) is 5.98. The van der Waals surface area contributed by atoms with Crippen LogP contribution in [0.3, 0.4) is 0 Å². The van der Waals surface area contributed by atoms with Crippen molar-refractivity contribution in [2.75, 3.05) is 0 Å². The Morgan fingerprint density at radius 2 is 2.06 bits per heavy atom. The molecule has 0 aromatic heterocycles. The van der Waals surface area contributed by atoms with Crippen molar-refractivity contribution in [2.45, 2.75) is 52.7 Å². The van der Waals surface area contributed by atoms with E-state index in [1.807, 2.05) is 13.8 Å². The standard InChI is InChI=1S/C13H22N2O3/c1-8(2)6-10-9(14)7-11(16)15(10)12(17)18-13(3,4)5/h7-8,10H,6,14H2,1-5H3/t10-/m0/s1. The number of nitrogens with two attached hydrogens (primary N) is 1. The molecule has 2 N–H and O–H groups in total. The lowest BCUT2D eigenvalue weighted by atomic mass is 10.0. The number of hydrogen-bond acceptors (Lipinski definition) is 4. The molecule has 0 aromatic carbocycles. The van der Waals surface area contributed by atoms with Gasteiger partial charge in [-0.3, -0.25) is 4.79 Å². The van der Waals surface area contributed by atoms with Crippen LogP contribution in [-0.2, 0) is 9.53 Å². The second kappa shape index (κ2) is 5.00. The first-order valence-corrected chi connectivity index (χ1v) is 6.15. The van der Waals surface area contributed by atoms with Crippen molar-refractivity contribution >= 4 is 12.0 Å². The Hall–Kier alpha value is -1.52. The summed E-state index contributed by atoms with van der Waals surface area (Å²) in [6.45, 7) is 9.33. The van der Waals surface area contributed by atoms with Crippen LogP contribution in [0, 0.1) is 5.92 Å². The minimum Gasteiger partial charge on any atom is -0.443 e. The van der Waals surface area contributed by atoms with E-state index in [0.717, 1.165) is 4.90 Å². The maximum atomic E-state index is 12.0. The average molecular weight is 254 g/mol. The lowest BCUT2D eigenvalue weighted by molar-refractivity contribution is -0.125. The molecule has 1 atom stereocenters. The van der Waals surface area contributed by atoms with Gasteiger partial charge < -0.3 is 10.5 Å². The summed E-state index contributed by atoms with van der Waals surface area (Å²) >= 11 is 0. The lowest BCUT2D eigenvalue weighted by Gasteiger charge is -2.28. The van der Waals surface area contributed by atoms with Crippen molar-refractivity contribution in [2.24, 2.45) is 11.7 Å². The van der Waals surface area contributed by atoms with Gasteiger partial charge in [0.2, 0.25) is 0 Å². The van der Waals surface area contributed by atoms with Crippen molar-refractivity contribution in [1.29, 1.82) is 0 Å². The fourth-order valence-electron chi connectivity index (χ4n) is 1.83. The smallest absolute Gasteiger partial charge is 0.417 e. The van der Waals surface area contributed by atoms with Gasteiger partial charge in [0.05, 0.1) is 6.04 Å². The molecule has 1 aliphatic rings. The summed E-state index contributed by atoms with van der Waals surface area (Å²) in [5.74, 6) is -0.0646. The Kier molecular flexibility index (Phi) is 4.04. The van der Waals surface area contributed by atoms with Crippen molar-refractivity contribution < 1.29 is 14.3 Å². The van der Waals surface area contributed by atoms with Crippen LogP contribution < -0.4 is 5.73 Å². The Morgan fingerprint density at radius 3 is 2.50 bits per heavy atom. The number of rotatable bonds is 2. The quantitative estimate of drug-likeness (QED) is 0.818. The summed E-state index contributed by atoms with van der Waals surface area (Å²) in [4.78, 5) is 24.9. The number of nitrogens with zero attached hydrogens (tertiary/aromatic N) is 1. The van der Waals surface area contributed by atoms with E-state index in [1.54, 1.807) is 20.8 Å². The van der Waals surface area contributed by atoms with Crippen LogP contribution in [0.4, 0.5) is 4.79 Å². The van der Waals surface area contributed by atoms with Gasteiger partial charge >= 0.3 is 6.09 Å². The molecule has 0 bridgehead atoms. The molecule has 0 spiro atoms. The number of imide groups is 1. The Balaban J connectivity index is 2.85. The van der Waals surface area contributed by atoms with Crippen molar-refractivity contribution in [1.82, 2.24) is 4.90 Å². The number of amides is 2. The zero-order valence-corrected chi connectivity index (χ0v) is 11.7. The topological polar surface area (TPSA) is 72.6 Å². The van der Waals surface area contributed by atoms with Crippen LogP contribution in [0.25, 0.3) is 0 Å². The normalized spacial score (nSPS) is 20.3. The van der Waals surface area contributed by atoms with Gasteiger partial charge in [-0.15, -0.1) is 0 Å². The first kappa shape index (κ1) is 14.5. The highest BCUT2D eigenvalue weighted by Crippen LogP contribution is 2.24. The largest absolute Gasteiger partial charge is 0.443 e. The van der Waals surface area contributed by atoms with Crippen LogP contribution in [0.5, 0.6) is 0 Å². The molecule has 0 unspecified atom stereocenters. The van der Waals surface area contributed by atoms with E-state index in [4.69, 9.17) is 10.5 Å². The highest BCUT2D eigenvalue weighted by atomic mass is 16.6. The highest BCUT2D eigenvalue weighted by molar-refractivity contribution is 6.02. The maximum Gasteiger partial charge on any atom is 0.417 e. The molecule has 0 aromatic rings. The van der Waals surface area contributed by atoms with Crippen molar-refractivity contribution in [3.8, 4) is 0 Å². The maximum absolute atomic E-state index is 12.0. The molecular formula is C13H22N2O3. The van der Waals surface area contributed by atoms with Crippen LogP contribution in [0.15, 0.2) is 11.8 Å². The summed E-state index contributed by atoms with van der Waals surface area (Å²) in [6.07, 6.45) is 1.32. The Bertz CT molecular complexity index is 380. The number of carbonyl (C=O) groups excluding carboxylic acids is 2. The lowest BCUT2D eigenvalue weighted by Crippen LogP contribution is -2.44. The number of carbonyl (C=O) groups is 2. The summed E-state index contributed by atoms with van der Waals surface area (Å²) in [5.41, 5.74) is 5.60. The van der Waals surface area contributed by atoms with Gasteiger partial charge in [-0.2, -0.15) is 0 Å². The van der Waals surface area contributed by atoms with E-state index in [9.17, 15) is 9.59 Å². The summed E-state index contributed by atoms with van der Waals surface area (Å²) in [5, 5.41) is 0. The second-order valence-corrected chi connectivity index (χ2v) is 5.98. The van der Waals surface area contributed by atoms with Gasteiger partial charge in [0.1, 0.15) is 5.60 Å². The number of hydrogen-bond donors (Lipinski definition) is 1. The van der Waals surface area contributed by atoms with Crippen LogP contribution in [0.2, 0.25) is 0 Å². The van der Waals surface area contributed by atoms with E-state index in [2.05, 4.69) is 0 Å². The van der Waals surface area contributed by atoms with Crippen molar-refractivity contribution in [3.63, 3.8) is 0 Å². The molecule has 1 rings (SSSR count). The summed E-state index contributed by atoms with van der Waals surface area (Å²) in [6, 6.07) is -0.382. The third kappa shape index (κ3) is 3.48. The van der Waals surface area contributed by atoms with E-state index in [1.165, 1.54) is 6.08 Å². The molecule has 5 nitrogen and oxygen atoms in total. The Morgan fingerprint density at radius 1 is 1.50 bits per heavy atom. The average Bonchev–Trinajstić information content (AvgIpc) is 2.37. The van der Waals surface area contributed by atoms with Gasteiger partial charge in [-0.25, -0.2) is 9.69 Å². The van der Waals surface area contributed by atoms with Crippen LogP contribution >= 0.6 is 0 Å².